The predicted molar refractivity (Wildman–Crippen MR) is 84.9 cm³/mol. The lowest BCUT2D eigenvalue weighted by molar-refractivity contribution is 0.177. The highest BCUT2D eigenvalue weighted by molar-refractivity contribution is 7.89. The maximum Gasteiger partial charge on any atom is 0.244 e. The molecule has 0 unspecified atom stereocenters. The van der Waals surface area contributed by atoms with Crippen molar-refractivity contribution in [2.24, 2.45) is 0 Å². The number of sulfonamides is 1. The van der Waals surface area contributed by atoms with Crippen molar-refractivity contribution in [3.63, 3.8) is 0 Å². The molecule has 0 fully saturated rings. The monoisotopic (exact) mass is 336 g/mol. The van der Waals surface area contributed by atoms with Crippen molar-refractivity contribution in [3.05, 3.63) is 52.2 Å². The Morgan fingerprint density at radius 1 is 1.27 bits per heavy atom. The lowest BCUT2D eigenvalue weighted by atomic mass is 10.2. The molecule has 1 heterocycles. The molecule has 0 saturated heterocycles. The SMILES string of the molecule is COCCN(Cc1cccs1)S(=O)(=O)c1ccccc1C#N. The fourth-order valence-electron chi connectivity index (χ4n) is 1.98. The van der Waals surface area contributed by atoms with Crippen molar-refractivity contribution in [2.45, 2.75) is 11.4 Å². The van der Waals surface area contributed by atoms with Crippen LogP contribution in [0.5, 0.6) is 0 Å². The first-order chi connectivity index (χ1) is 10.6. The minimum absolute atomic E-state index is 0.0326. The number of hydrogen-bond donors (Lipinski definition) is 0. The van der Waals surface area contributed by atoms with E-state index in [-0.39, 0.29) is 23.5 Å². The molecule has 0 radical (unpaired) electrons. The molecule has 1 aromatic heterocycles. The second kappa shape index (κ2) is 7.51. The summed E-state index contributed by atoms with van der Waals surface area (Å²) in [5.74, 6) is 0. The Labute approximate surface area is 134 Å². The molecule has 0 saturated carbocycles. The summed E-state index contributed by atoms with van der Waals surface area (Å²) in [6.07, 6.45) is 0. The van der Waals surface area contributed by atoms with Gasteiger partial charge in [0, 0.05) is 25.1 Å². The van der Waals surface area contributed by atoms with Gasteiger partial charge in [-0.25, -0.2) is 8.42 Å². The molecule has 0 aliphatic rings. The Hall–Kier alpha value is -1.72. The second-order valence-electron chi connectivity index (χ2n) is 4.52. The summed E-state index contributed by atoms with van der Waals surface area (Å²) in [5.41, 5.74) is 0.149. The van der Waals surface area contributed by atoms with Gasteiger partial charge in [-0.05, 0) is 23.6 Å². The zero-order valence-corrected chi connectivity index (χ0v) is 13.7. The van der Waals surface area contributed by atoms with E-state index in [1.54, 1.807) is 12.1 Å². The van der Waals surface area contributed by atoms with Crippen LogP contribution in [-0.2, 0) is 21.3 Å². The molecule has 2 rings (SSSR count). The van der Waals surface area contributed by atoms with E-state index < -0.39 is 10.0 Å². The number of nitriles is 1. The average molecular weight is 336 g/mol. The van der Waals surface area contributed by atoms with E-state index in [0.29, 0.717) is 6.61 Å². The van der Waals surface area contributed by atoms with Gasteiger partial charge in [0.2, 0.25) is 10.0 Å². The maximum absolute atomic E-state index is 12.9. The van der Waals surface area contributed by atoms with Crippen molar-refractivity contribution in [1.29, 1.82) is 5.26 Å². The van der Waals surface area contributed by atoms with Crippen molar-refractivity contribution < 1.29 is 13.2 Å². The first-order valence-electron chi connectivity index (χ1n) is 6.60. The standard InChI is InChI=1S/C15H16N2O3S2/c1-20-9-8-17(12-14-6-4-10-21-14)22(18,19)15-7-3-2-5-13(15)11-16/h2-7,10H,8-9,12H2,1H3. The summed E-state index contributed by atoms with van der Waals surface area (Å²) in [6, 6.07) is 11.9. The van der Waals surface area contributed by atoms with E-state index in [4.69, 9.17) is 10.00 Å². The fourth-order valence-corrected chi connectivity index (χ4v) is 4.32. The van der Waals surface area contributed by atoms with E-state index in [2.05, 4.69) is 0 Å². The van der Waals surface area contributed by atoms with Crippen molar-refractivity contribution in [3.8, 4) is 6.07 Å². The van der Waals surface area contributed by atoms with Crippen LogP contribution in [0.3, 0.4) is 0 Å². The molecule has 5 nitrogen and oxygen atoms in total. The van der Waals surface area contributed by atoms with Gasteiger partial charge in [0.15, 0.2) is 0 Å². The summed E-state index contributed by atoms with van der Waals surface area (Å²) in [5, 5.41) is 11.0. The number of benzene rings is 1. The minimum Gasteiger partial charge on any atom is -0.383 e. The van der Waals surface area contributed by atoms with Gasteiger partial charge in [0.05, 0.1) is 17.1 Å². The largest absolute Gasteiger partial charge is 0.383 e. The molecule has 2 aromatic rings. The van der Waals surface area contributed by atoms with E-state index in [9.17, 15) is 8.42 Å². The average Bonchev–Trinajstić information content (AvgIpc) is 3.04. The highest BCUT2D eigenvalue weighted by Crippen LogP contribution is 2.22. The number of hydrogen-bond acceptors (Lipinski definition) is 5. The number of rotatable bonds is 7. The van der Waals surface area contributed by atoms with Gasteiger partial charge in [-0.2, -0.15) is 9.57 Å². The highest BCUT2D eigenvalue weighted by Gasteiger charge is 2.27. The van der Waals surface area contributed by atoms with Crippen LogP contribution < -0.4 is 0 Å². The van der Waals surface area contributed by atoms with Crippen LogP contribution in [-0.4, -0.2) is 33.0 Å². The molecule has 0 bridgehead atoms. The van der Waals surface area contributed by atoms with Gasteiger partial charge in [-0.15, -0.1) is 11.3 Å². The minimum atomic E-state index is -3.75. The van der Waals surface area contributed by atoms with Crippen LogP contribution in [0.4, 0.5) is 0 Å². The summed E-state index contributed by atoms with van der Waals surface area (Å²) < 4.78 is 32.1. The Bertz CT molecular complexity index is 749. The Morgan fingerprint density at radius 2 is 2.05 bits per heavy atom. The molecule has 1 aromatic carbocycles. The second-order valence-corrected chi connectivity index (χ2v) is 7.46. The van der Waals surface area contributed by atoms with Crippen LogP contribution in [0, 0.1) is 11.3 Å². The fraction of sp³-hybridized carbons (Fsp3) is 0.267. The number of nitrogens with zero attached hydrogens (tertiary/aromatic N) is 2. The summed E-state index contributed by atoms with van der Waals surface area (Å²) in [7, 11) is -2.23. The number of thiophene rings is 1. The van der Waals surface area contributed by atoms with Gasteiger partial charge in [0.1, 0.15) is 6.07 Å². The van der Waals surface area contributed by atoms with Gasteiger partial charge in [-0.1, -0.05) is 18.2 Å². The molecule has 22 heavy (non-hydrogen) atoms. The van der Waals surface area contributed by atoms with E-state index in [0.717, 1.165) is 4.88 Å². The summed E-state index contributed by atoms with van der Waals surface area (Å²) in [4.78, 5) is 0.972. The molecule has 0 atom stereocenters. The van der Waals surface area contributed by atoms with Crippen LogP contribution in [0.2, 0.25) is 0 Å². The van der Waals surface area contributed by atoms with E-state index in [1.807, 2.05) is 23.6 Å². The Morgan fingerprint density at radius 3 is 2.68 bits per heavy atom. The molecular formula is C15H16N2O3S2. The first-order valence-corrected chi connectivity index (χ1v) is 8.92. The number of ether oxygens (including phenoxy) is 1. The first kappa shape index (κ1) is 16.6. The zero-order valence-electron chi connectivity index (χ0n) is 12.1. The maximum atomic E-state index is 12.9. The molecule has 0 amide bonds. The van der Waals surface area contributed by atoms with Gasteiger partial charge in [-0.3, -0.25) is 0 Å². The van der Waals surface area contributed by atoms with Crippen molar-refractivity contribution in [2.75, 3.05) is 20.3 Å². The summed E-state index contributed by atoms with van der Waals surface area (Å²) in [6.45, 7) is 0.791. The molecular weight excluding hydrogens is 320 g/mol. The third-order valence-corrected chi connectivity index (χ3v) is 5.85. The van der Waals surface area contributed by atoms with Crippen LogP contribution >= 0.6 is 11.3 Å². The van der Waals surface area contributed by atoms with Gasteiger partial charge >= 0.3 is 0 Å². The smallest absolute Gasteiger partial charge is 0.244 e. The van der Waals surface area contributed by atoms with Crippen molar-refractivity contribution in [1.82, 2.24) is 4.31 Å². The van der Waals surface area contributed by atoms with Gasteiger partial charge in [0.25, 0.3) is 0 Å². The highest BCUT2D eigenvalue weighted by atomic mass is 32.2. The molecule has 0 N–H and O–H groups in total. The molecule has 0 spiro atoms. The van der Waals surface area contributed by atoms with Crippen LogP contribution in [0.1, 0.15) is 10.4 Å². The normalized spacial score (nSPS) is 11.5. The topological polar surface area (TPSA) is 70.4 Å². The molecule has 116 valence electrons. The zero-order chi connectivity index (χ0) is 16.0. The van der Waals surface area contributed by atoms with E-state index >= 15 is 0 Å². The van der Waals surface area contributed by atoms with Crippen LogP contribution in [0.15, 0.2) is 46.7 Å². The van der Waals surface area contributed by atoms with E-state index in [1.165, 1.54) is 34.9 Å². The Kier molecular flexibility index (Phi) is 5.69. The summed E-state index contributed by atoms with van der Waals surface area (Å²) >= 11 is 1.49. The van der Waals surface area contributed by atoms with Gasteiger partial charge < -0.3 is 4.74 Å². The molecule has 0 aliphatic heterocycles. The Balaban J connectivity index is 2.38. The lowest BCUT2D eigenvalue weighted by Crippen LogP contribution is -2.33. The quantitative estimate of drug-likeness (QED) is 0.779. The third kappa shape index (κ3) is 3.72. The number of methoxy groups -OCH3 is 1. The molecule has 0 aliphatic carbocycles. The predicted octanol–water partition coefficient (Wildman–Crippen LogP) is 2.46. The molecule has 7 heteroatoms. The lowest BCUT2D eigenvalue weighted by Gasteiger charge is -2.21. The third-order valence-electron chi connectivity index (χ3n) is 3.08. The van der Waals surface area contributed by atoms with Crippen molar-refractivity contribution >= 4 is 21.4 Å². The van der Waals surface area contributed by atoms with Crippen LogP contribution in [0.25, 0.3) is 0 Å².